The first kappa shape index (κ1) is 14.7. The van der Waals surface area contributed by atoms with Crippen LogP contribution in [-0.4, -0.2) is 23.9 Å². The number of aliphatic hydroxyl groups is 1. The van der Waals surface area contributed by atoms with Crippen molar-refractivity contribution in [3.63, 3.8) is 0 Å². The zero-order valence-electron chi connectivity index (χ0n) is 10.6. The third-order valence-electron chi connectivity index (χ3n) is 2.46. The van der Waals surface area contributed by atoms with Crippen molar-refractivity contribution in [3.8, 4) is 0 Å². The number of hydrogen-bond donors (Lipinski definition) is 1. The summed E-state index contributed by atoms with van der Waals surface area (Å²) in [5.41, 5.74) is -0.0103. The number of unbranched alkanes of at least 4 members (excludes halogenated alkanes) is 1. The maximum atomic E-state index is 10.0. The van der Waals surface area contributed by atoms with Gasteiger partial charge in [0.25, 0.3) is 0 Å². The van der Waals surface area contributed by atoms with Crippen LogP contribution in [0.2, 0.25) is 0 Å². The van der Waals surface area contributed by atoms with Crippen molar-refractivity contribution in [2.75, 3.05) is 6.61 Å². The summed E-state index contributed by atoms with van der Waals surface area (Å²) in [7, 11) is 0. The summed E-state index contributed by atoms with van der Waals surface area (Å²) in [6.45, 7) is 12.6. The van der Waals surface area contributed by atoms with Gasteiger partial charge in [-0.25, -0.2) is 0 Å². The predicted octanol–water partition coefficient (Wildman–Crippen LogP) is 3.15. The van der Waals surface area contributed by atoms with E-state index in [1.54, 1.807) is 0 Å². The first-order chi connectivity index (χ1) is 6.93. The number of ether oxygens (including phenoxy) is 1. The Morgan fingerprint density at radius 3 is 2.40 bits per heavy atom. The van der Waals surface area contributed by atoms with Crippen LogP contribution < -0.4 is 0 Å². The van der Waals surface area contributed by atoms with Gasteiger partial charge in [-0.3, -0.25) is 0 Å². The van der Waals surface area contributed by atoms with Gasteiger partial charge < -0.3 is 9.84 Å². The van der Waals surface area contributed by atoms with Crippen LogP contribution in [0.1, 0.15) is 47.0 Å². The van der Waals surface area contributed by atoms with E-state index in [2.05, 4.69) is 27.4 Å². The van der Waals surface area contributed by atoms with E-state index >= 15 is 0 Å². The van der Waals surface area contributed by atoms with E-state index in [0.717, 1.165) is 19.3 Å². The SMILES string of the molecule is C=CCCCC(O)C(OCC)C(C)(C)C. The zero-order chi connectivity index (χ0) is 11.9. The van der Waals surface area contributed by atoms with Gasteiger partial charge in [-0.05, 0) is 31.6 Å². The Kier molecular flexibility index (Phi) is 6.86. The topological polar surface area (TPSA) is 29.5 Å². The predicted molar refractivity (Wildman–Crippen MR) is 64.9 cm³/mol. The minimum Gasteiger partial charge on any atom is -0.390 e. The molecular formula is C13H26O2. The first-order valence-corrected chi connectivity index (χ1v) is 5.84. The maximum absolute atomic E-state index is 10.0. The standard InChI is InChI=1S/C13H26O2/c1-6-8-9-10-11(14)12(15-7-2)13(3,4)5/h6,11-12,14H,1,7-10H2,2-5H3. The molecule has 0 aliphatic rings. The van der Waals surface area contributed by atoms with Gasteiger partial charge in [0, 0.05) is 6.61 Å². The van der Waals surface area contributed by atoms with E-state index in [4.69, 9.17) is 4.74 Å². The van der Waals surface area contributed by atoms with Crippen LogP contribution in [0.25, 0.3) is 0 Å². The summed E-state index contributed by atoms with van der Waals surface area (Å²) in [5, 5.41) is 10.0. The highest BCUT2D eigenvalue weighted by molar-refractivity contribution is 4.82. The lowest BCUT2D eigenvalue weighted by molar-refractivity contribution is -0.0906. The molecule has 2 unspecified atom stereocenters. The Labute approximate surface area is 94.3 Å². The largest absolute Gasteiger partial charge is 0.390 e. The van der Waals surface area contributed by atoms with E-state index < -0.39 is 0 Å². The maximum Gasteiger partial charge on any atom is 0.0881 e. The molecule has 0 aliphatic carbocycles. The summed E-state index contributed by atoms with van der Waals surface area (Å²) in [4.78, 5) is 0. The molecule has 0 aromatic heterocycles. The zero-order valence-corrected chi connectivity index (χ0v) is 10.6. The lowest BCUT2D eigenvalue weighted by atomic mass is 9.84. The smallest absolute Gasteiger partial charge is 0.0881 e. The third-order valence-corrected chi connectivity index (χ3v) is 2.46. The van der Waals surface area contributed by atoms with Crippen LogP contribution in [0.15, 0.2) is 12.7 Å². The van der Waals surface area contributed by atoms with Crippen molar-refractivity contribution in [1.82, 2.24) is 0 Å². The van der Waals surface area contributed by atoms with Crippen LogP contribution in [0.4, 0.5) is 0 Å². The third kappa shape index (κ3) is 5.95. The van der Waals surface area contributed by atoms with Gasteiger partial charge in [-0.2, -0.15) is 0 Å². The van der Waals surface area contributed by atoms with Crippen LogP contribution in [-0.2, 0) is 4.74 Å². The van der Waals surface area contributed by atoms with E-state index in [0.29, 0.717) is 6.61 Å². The molecule has 0 aromatic rings. The molecule has 1 N–H and O–H groups in total. The van der Waals surface area contributed by atoms with Crippen LogP contribution >= 0.6 is 0 Å². The molecule has 0 aromatic carbocycles. The van der Waals surface area contributed by atoms with Crippen molar-refractivity contribution in [1.29, 1.82) is 0 Å². The highest BCUT2D eigenvalue weighted by Crippen LogP contribution is 2.27. The van der Waals surface area contributed by atoms with Gasteiger partial charge in [0.05, 0.1) is 12.2 Å². The average Bonchev–Trinajstić information content (AvgIpc) is 2.12. The summed E-state index contributed by atoms with van der Waals surface area (Å²) >= 11 is 0. The summed E-state index contributed by atoms with van der Waals surface area (Å²) in [5.74, 6) is 0. The van der Waals surface area contributed by atoms with Crippen molar-refractivity contribution in [2.24, 2.45) is 5.41 Å². The fourth-order valence-corrected chi connectivity index (χ4v) is 1.74. The molecule has 0 aliphatic heterocycles. The Balaban J connectivity index is 4.16. The lowest BCUT2D eigenvalue weighted by Gasteiger charge is -2.34. The molecule has 2 heteroatoms. The Bertz CT molecular complexity index is 170. The molecule has 0 fully saturated rings. The van der Waals surface area contributed by atoms with Gasteiger partial charge >= 0.3 is 0 Å². The molecule has 0 spiro atoms. The molecule has 0 radical (unpaired) electrons. The van der Waals surface area contributed by atoms with Crippen LogP contribution in [0.3, 0.4) is 0 Å². The van der Waals surface area contributed by atoms with Gasteiger partial charge in [0.15, 0.2) is 0 Å². The Hall–Kier alpha value is -0.340. The Morgan fingerprint density at radius 1 is 1.40 bits per heavy atom. The quantitative estimate of drug-likeness (QED) is 0.521. The highest BCUT2D eigenvalue weighted by atomic mass is 16.5. The van der Waals surface area contributed by atoms with E-state index in [9.17, 15) is 5.11 Å². The number of hydrogen-bond acceptors (Lipinski definition) is 2. The second-order valence-corrected chi connectivity index (χ2v) is 5.03. The van der Waals surface area contributed by atoms with Gasteiger partial charge in [0.1, 0.15) is 0 Å². The molecule has 0 saturated heterocycles. The summed E-state index contributed by atoms with van der Waals surface area (Å²) in [6, 6.07) is 0. The lowest BCUT2D eigenvalue weighted by Crippen LogP contribution is -2.40. The molecule has 0 saturated carbocycles. The number of allylic oxidation sites excluding steroid dienone is 1. The van der Waals surface area contributed by atoms with Crippen molar-refractivity contribution < 1.29 is 9.84 Å². The van der Waals surface area contributed by atoms with Crippen molar-refractivity contribution in [3.05, 3.63) is 12.7 Å². The molecule has 2 atom stereocenters. The molecule has 2 nitrogen and oxygen atoms in total. The van der Waals surface area contributed by atoms with Gasteiger partial charge in [-0.15, -0.1) is 6.58 Å². The molecule has 0 amide bonds. The van der Waals surface area contributed by atoms with Crippen molar-refractivity contribution >= 4 is 0 Å². The normalized spacial score (nSPS) is 16.1. The van der Waals surface area contributed by atoms with Crippen molar-refractivity contribution in [2.45, 2.75) is 59.2 Å². The van der Waals surface area contributed by atoms with Crippen LogP contribution in [0.5, 0.6) is 0 Å². The fraction of sp³-hybridized carbons (Fsp3) is 0.846. The second kappa shape index (κ2) is 7.02. The molecule has 15 heavy (non-hydrogen) atoms. The second-order valence-electron chi connectivity index (χ2n) is 5.03. The summed E-state index contributed by atoms with van der Waals surface area (Å²) in [6.07, 6.45) is 4.16. The minimum atomic E-state index is -0.370. The molecule has 0 heterocycles. The van der Waals surface area contributed by atoms with Gasteiger partial charge in [0.2, 0.25) is 0 Å². The first-order valence-electron chi connectivity index (χ1n) is 5.84. The number of aliphatic hydroxyl groups excluding tert-OH is 1. The summed E-state index contributed by atoms with van der Waals surface area (Å²) < 4.78 is 5.62. The number of rotatable bonds is 7. The van der Waals surface area contributed by atoms with E-state index in [1.165, 1.54) is 0 Å². The van der Waals surface area contributed by atoms with Gasteiger partial charge in [-0.1, -0.05) is 26.8 Å². The fourth-order valence-electron chi connectivity index (χ4n) is 1.74. The average molecular weight is 214 g/mol. The van der Waals surface area contributed by atoms with E-state index in [-0.39, 0.29) is 17.6 Å². The van der Waals surface area contributed by atoms with Crippen LogP contribution in [0, 0.1) is 5.41 Å². The van der Waals surface area contributed by atoms with E-state index in [1.807, 2.05) is 13.0 Å². The molecular weight excluding hydrogens is 188 g/mol. The molecule has 90 valence electrons. The minimum absolute atomic E-state index is 0.0103. The Morgan fingerprint density at radius 2 is 2.00 bits per heavy atom. The molecule has 0 rings (SSSR count). The molecule has 0 bridgehead atoms. The highest BCUT2D eigenvalue weighted by Gasteiger charge is 2.31. The monoisotopic (exact) mass is 214 g/mol.